The number of hydrogen-bond acceptors (Lipinski definition) is 4. The van der Waals surface area contributed by atoms with E-state index in [2.05, 4.69) is 15.3 Å². The molecule has 0 radical (unpaired) electrons. The van der Waals surface area contributed by atoms with E-state index in [1.54, 1.807) is 17.8 Å². The fourth-order valence-corrected chi connectivity index (χ4v) is 3.89. The largest absolute Gasteiger partial charge is 0.350 e. The number of amides is 1. The summed E-state index contributed by atoms with van der Waals surface area (Å²) in [6.45, 7) is 3.73. The van der Waals surface area contributed by atoms with Gasteiger partial charge in [0.05, 0.1) is 9.90 Å². The monoisotopic (exact) mass is 335 g/mol. The minimum absolute atomic E-state index is 0.280. The van der Waals surface area contributed by atoms with Crippen molar-refractivity contribution < 1.29 is 9.18 Å². The summed E-state index contributed by atoms with van der Waals surface area (Å²) in [6.07, 6.45) is 1.97. The lowest BCUT2D eigenvalue weighted by molar-refractivity contribution is 0.102. The van der Waals surface area contributed by atoms with Crippen LogP contribution in [0, 0.1) is 19.7 Å². The van der Waals surface area contributed by atoms with Gasteiger partial charge < -0.3 is 4.98 Å². The Labute approximate surface area is 135 Å². The number of thiazole rings is 1. The van der Waals surface area contributed by atoms with Gasteiger partial charge in [-0.3, -0.25) is 10.1 Å². The van der Waals surface area contributed by atoms with E-state index in [0.29, 0.717) is 16.3 Å². The molecule has 4 nitrogen and oxygen atoms in total. The number of nitrogens with one attached hydrogen (secondary N) is 2. The lowest BCUT2D eigenvalue weighted by atomic mass is 10.1. The van der Waals surface area contributed by atoms with Crippen molar-refractivity contribution >= 4 is 45.0 Å². The molecule has 1 aromatic carbocycles. The standard InChI is InChI=1S/C15H14FN3OS2/c1-7-4-9(16)5-11-10(7)6-12(18-11)13(20)19-15-17-8(2)14(21-3)22-15/h4-6,18H,1-3H3,(H,17,19,20). The van der Waals surface area contributed by atoms with E-state index in [9.17, 15) is 9.18 Å². The van der Waals surface area contributed by atoms with Crippen molar-refractivity contribution in [3.63, 3.8) is 0 Å². The van der Waals surface area contributed by atoms with E-state index in [4.69, 9.17) is 0 Å². The van der Waals surface area contributed by atoms with E-state index in [-0.39, 0.29) is 11.7 Å². The highest BCUT2D eigenvalue weighted by molar-refractivity contribution is 8.00. The SMILES string of the molecule is CSc1sc(NC(=O)c2cc3c(C)cc(F)cc3[nH]2)nc1C. The Morgan fingerprint density at radius 3 is 2.82 bits per heavy atom. The molecule has 2 heterocycles. The number of benzene rings is 1. The summed E-state index contributed by atoms with van der Waals surface area (Å²) in [5, 5.41) is 4.18. The van der Waals surface area contributed by atoms with E-state index in [1.165, 1.54) is 23.5 Å². The molecule has 0 aliphatic heterocycles. The van der Waals surface area contributed by atoms with Gasteiger partial charge in [0.15, 0.2) is 5.13 Å². The van der Waals surface area contributed by atoms with Gasteiger partial charge in [0.25, 0.3) is 5.91 Å². The quantitative estimate of drug-likeness (QED) is 0.699. The number of aryl methyl sites for hydroxylation is 2. The molecule has 2 aromatic heterocycles. The Bertz CT molecular complexity index is 869. The van der Waals surface area contributed by atoms with Crippen LogP contribution < -0.4 is 5.32 Å². The molecule has 0 aliphatic rings. The van der Waals surface area contributed by atoms with Crippen molar-refractivity contribution in [3.8, 4) is 0 Å². The zero-order valence-electron chi connectivity index (χ0n) is 12.3. The number of aromatic amines is 1. The highest BCUT2D eigenvalue weighted by atomic mass is 32.2. The van der Waals surface area contributed by atoms with Gasteiger partial charge in [-0.2, -0.15) is 0 Å². The molecule has 114 valence electrons. The fourth-order valence-electron chi connectivity index (χ4n) is 2.29. The van der Waals surface area contributed by atoms with Gasteiger partial charge in [-0.05, 0) is 43.9 Å². The average Bonchev–Trinajstić information content (AvgIpc) is 3.02. The maximum atomic E-state index is 13.4. The van der Waals surface area contributed by atoms with Crippen molar-refractivity contribution in [1.82, 2.24) is 9.97 Å². The number of anilines is 1. The molecule has 0 saturated carbocycles. The minimum Gasteiger partial charge on any atom is -0.350 e. The Hall–Kier alpha value is -1.86. The predicted octanol–water partition coefficient (Wildman–Crippen LogP) is 4.35. The summed E-state index contributed by atoms with van der Waals surface area (Å²) >= 11 is 3.04. The molecule has 3 rings (SSSR count). The van der Waals surface area contributed by atoms with Crippen molar-refractivity contribution in [2.24, 2.45) is 0 Å². The fraction of sp³-hybridized carbons (Fsp3) is 0.200. The molecule has 0 spiro atoms. The smallest absolute Gasteiger partial charge is 0.273 e. The molecule has 3 aromatic rings. The zero-order valence-corrected chi connectivity index (χ0v) is 13.9. The molecular weight excluding hydrogens is 321 g/mol. The maximum absolute atomic E-state index is 13.4. The lowest BCUT2D eigenvalue weighted by Crippen LogP contribution is -2.11. The first-order valence-corrected chi connectivity index (χ1v) is 8.63. The van der Waals surface area contributed by atoms with Crippen LogP contribution >= 0.6 is 23.1 Å². The van der Waals surface area contributed by atoms with Crippen LogP contribution in [0.2, 0.25) is 0 Å². The van der Waals surface area contributed by atoms with Crippen LogP contribution in [-0.4, -0.2) is 22.1 Å². The molecule has 0 aliphatic carbocycles. The van der Waals surface area contributed by atoms with Crippen LogP contribution in [0.1, 0.15) is 21.7 Å². The van der Waals surface area contributed by atoms with E-state index in [0.717, 1.165) is 20.9 Å². The maximum Gasteiger partial charge on any atom is 0.273 e. The molecule has 0 saturated heterocycles. The summed E-state index contributed by atoms with van der Waals surface area (Å²) in [5.74, 6) is -0.601. The number of hydrogen-bond donors (Lipinski definition) is 2. The Morgan fingerprint density at radius 2 is 2.14 bits per heavy atom. The summed E-state index contributed by atoms with van der Waals surface area (Å²) in [7, 11) is 0. The molecule has 1 amide bonds. The third-order valence-electron chi connectivity index (χ3n) is 3.31. The number of rotatable bonds is 3. The number of thioether (sulfide) groups is 1. The van der Waals surface area contributed by atoms with Gasteiger partial charge in [0.1, 0.15) is 11.5 Å². The number of nitrogens with zero attached hydrogens (tertiary/aromatic N) is 1. The molecule has 22 heavy (non-hydrogen) atoms. The van der Waals surface area contributed by atoms with Crippen molar-refractivity contribution in [1.29, 1.82) is 0 Å². The average molecular weight is 335 g/mol. The Balaban J connectivity index is 1.90. The first-order chi connectivity index (χ1) is 10.5. The van der Waals surface area contributed by atoms with Gasteiger partial charge in [0.2, 0.25) is 0 Å². The van der Waals surface area contributed by atoms with Gasteiger partial charge in [-0.1, -0.05) is 11.3 Å². The second-order valence-corrected chi connectivity index (χ2v) is 6.99. The molecule has 0 atom stereocenters. The van der Waals surface area contributed by atoms with Crippen LogP contribution in [0.4, 0.5) is 9.52 Å². The third-order valence-corrected chi connectivity index (χ3v) is 5.60. The molecule has 2 N–H and O–H groups in total. The molecular formula is C15H14FN3OS2. The van der Waals surface area contributed by atoms with Crippen molar-refractivity contribution in [3.05, 3.63) is 41.0 Å². The normalized spacial score (nSPS) is 11.1. The summed E-state index contributed by atoms with van der Waals surface area (Å²) in [4.78, 5) is 19.6. The number of carbonyl (C=O) groups excluding carboxylic acids is 1. The Morgan fingerprint density at radius 1 is 1.36 bits per heavy atom. The summed E-state index contributed by atoms with van der Waals surface area (Å²) in [5.41, 5.74) is 2.70. The van der Waals surface area contributed by atoms with Crippen LogP contribution in [0.5, 0.6) is 0 Å². The van der Waals surface area contributed by atoms with Crippen molar-refractivity contribution in [2.75, 3.05) is 11.6 Å². The van der Waals surface area contributed by atoms with Crippen LogP contribution in [0.25, 0.3) is 10.9 Å². The van der Waals surface area contributed by atoms with Gasteiger partial charge in [-0.25, -0.2) is 9.37 Å². The molecule has 7 heteroatoms. The van der Waals surface area contributed by atoms with Gasteiger partial charge >= 0.3 is 0 Å². The first-order valence-electron chi connectivity index (χ1n) is 6.59. The predicted molar refractivity (Wildman–Crippen MR) is 89.6 cm³/mol. The number of H-pyrrole nitrogens is 1. The number of carbonyl (C=O) groups is 1. The lowest BCUT2D eigenvalue weighted by Gasteiger charge is -1.97. The van der Waals surface area contributed by atoms with E-state index in [1.807, 2.05) is 20.1 Å². The number of fused-ring (bicyclic) bond motifs is 1. The molecule has 0 bridgehead atoms. The van der Waals surface area contributed by atoms with E-state index >= 15 is 0 Å². The number of aromatic nitrogens is 2. The third kappa shape index (κ3) is 2.74. The highest BCUT2D eigenvalue weighted by Gasteiger charge is 2.14. The second kappa shape index (κ2) is 5.73. The summed E-state index contributed by atoms with van der Waals surface area (Å²) in [6, 6.07) is 4.57. The molecule has 0 fully saturated rings. The minimum atomic E-state index is -0.320. The van der Waals surface area contributed by atoms with Gasteiger partial charge in [0, 0.05) is 10.9 Å². The van der Waals surface area contributed by atoms with E-state index < -0.39 is 0 Å². The Kier molecular flexibility index (Phi) is 3.92. The zero-order chi connectivity index (χ0) is 15.9. The van der Waals surface area contributed by atoms with Gasteiger partial charge in [-0.15, -0.1) is 11.8 Å². The van der Waals surface area contributed by atoms with Crippen LogP contribution in [0.15, 0.2) is 22.4 Å². The molecule has 0 unspecified atom stereocenters. The van der Waals surface area contributed by atoms with Crippen molar-refractivity contribution in [2.45, 2.75) is 18.1 Å². The number of halogens is 1. The second-order valence-electron chi connectivity index (χ2n) is 4.92. The van der Waals surface area contributed by atoms with Crippen LogP contribution in [0.3, 0.4) is 0 Å². The topological polar surface area (TPSA) is 57.8 Å². The highest BCUT2D eigenvalue weighted by Crippen LogP contribution is 2.30. The summed E-state index contributed by atoms with van der Waals surface area (Å²) < 4.78 is 14.5. The first kappa shape index (κ1) is 15.1. The van der Waals surface area contributed by atoms with Crippen LogP contribution in [-0.2, 0) is 0 Å².